The average molecular weight is 340 g/mol. The van der Waals surface area contributed by atoms with E-state index in [9.17, 15) is 8.78 Å². The first-order valence-corrected chi connectivity index (χ1v) is 8.23. The molecule has 0 radical (unpaired) electrons. The van der Waals surface area contributed by atoms with Crippen molar-refractivity contribution in [2.24, 2.45) is 14.1 Å². The van der Waals surface area contributed by atoms with E-state index in [1.807, 2.05) is 73.5 Å². The summed E-state index contributed by atoms with van der Waals surface area (Å²) in [6, 6.07) is 12.4. The number of rotatable bonds is 2. The molecule has 3 aromatic rings. The number of halogens is 2. The predicted molar refractivity (Wildman–Crippen MR) is 93.8 cm³/mol. The summed E-state index contributed by atoms with van der Waals surface area (Å²) in [6.07, 6.45) is 0. The van der Waals surface area contributed by atoms with E-state index in [4.69, 9.17) is 0 Å². The topological polar surface area (TPSA) is 7.76 Å². The number of aromatic nitrogens is 2. The van der Waals surface area contributed by atoms with Gasteiger partial charge in [0.15, 0.2) is 11.4 Å². The van der Waals surface area contributed by atoms with E-state index in [0.717, 1.165) is 28.8 Å². The van der Waals surface area contributed by atoms with Crippen LogP contribution in [0.4, 0.5) is 8.78 Å². The monoisotopic (exact) mass is 340 g/mol. The van der Waals surface area contributed by atoms with Crippen molar-refractivity contribution in [1.29, 1.82) is 0 Å². The van der Waals surface area contributed by atoms with Gasteiger partial charge < -0.3 is 0 Å². The Hall–Kier alpha value is -2.62. The second kappa shape index (κ2) is 6.36. The molecule has 0 atom stereocenters. The van der Waals surface area contributed by atoms with Crippen LogP contribution in [-0.4, -0.2) is 0 Å². The summed E-state index contributed by atoms with van der Waals surface area (Å²) in [5.41, 5.74) is 4.93. The molecule has 0 fully saturated rings. The van der Waals surface area contributed by atoms with Gasteiger partial charge >= 0.3 is 0 Å². The maximum Gasteiger partial charge on any atom is 0.215 e. The van der Waals surface area contributed by atoms with Gasteiger partial charge in [-0.2, -0.15) is 9.13 Å². The fraction of sp³-hybridized carbons (Fsp3) is 0.238. The molecule has 2 aromatic heterocycles. The largest absolute Gasteiger partial charge is 0.215 e. The highest BCUT2D eigenvalue weighted by Gasteiger charge is 2.27. The molecule has 0 aliphatic rings. The van der Waals surface area contributed by atoms with Crippen molar-refractivity contribution in [2.45, 2.75) is 20.8 Å². The maximum absolute atomic E-state index is 14.7. The molecular formula is C21H22F2N2+2. The minimum absolute atomic E-state index is 0.434. The Bertz CT molecular complexity index is 902. The SMILES string of the molecule is Cc1c(-c2cccc(C)[n+]2C)c(F)cc(F)c1-c1cccc(C)[n+]1C. The van der Waals surface area contributed by atoms with Gasteiger partial charge in [-0.15, -0.1) is 0 Å². The molecule has 0 bridgehead atoms. The van der Waals surface area contributed by atoms with E-state index < -0.39 is 11.6 Å². The Morgan fingerprint density at radius 1 is 0.680 bits per heavy atom. The Balaban J connectivity index is 2.37. The molecule has 0 N–H and O–H groups in total. The fourth-order valence-corrected chi connectivity index (χ4v) is 3.25. The minimum Gasteiger partial charge on any atom is -0.206 e. The fourth-order valence-electron chi connectivity index (χ4n) is 3.25. The third kappa shape index (κ3) is 2.82. The normalized spacial score (nSPS) is 11.0. The van der Waals surface area contributed by atoms with E-state index in [0.29, 0.717) is 16.7 Å². The molecule has 2 nitrogen and oxygen atoms in total. The number of pyridine rings is 2. The van der Waals surface area contributed by atoms with Crippen LogP contribution in [0.15, 0.2) is 42.5 Å². The summed E-state index contributed by atoms with van der Waals surface area (Å²) >= 11 is 0. The molecule has 128 valence electrons. The van der Waals surface area contributed by atoms with E-state index in [1.165, 1.54) is 0 Å². The van der Waals surface area contributed by atoms with Gasteiger partial charge in [-0.3, -0.25) is 0 Å². The molecule has 3 rings (SSSR count). The average Bonchev–Trinajstić information content (AvgIpc) is 2.55. The van der Waals surface area contributed by atoms with Gasteiger partial charge in [0.25, 0.3) is 0 Å². The quantitative estimate of drug-likeness (QED) is 0.626. The van der Waals surface area contributed by atoms with Gasteiger partial charge in [0.2, 0.25) is 11.4 Å². The van der Waals surface area contributed by atoms with Crippen LogP contribution in [0.3, 0.4) is 0 Å². The summed E-state index contributed by atoms with van der Waals surface area (Å²) in [5.74, 6) is -1.09. The standard InChI is InChI=1S/C21H22F2N2/c1-13-8-6-10-18(24(13)4)20-15(3)21(17(23)12-16(20)22)19-11-7-9-14(2)25(19)5/h6-12H,1-5H3/q+2. The Kier molecular flexibility index (Phi) is 4.38. The van der Waals surface area contributed by atoms with E-state index in [1.54, 1.807) is 6.92 Å². The third-order valence-electron chi connectivity index (χ3n) is 4.96. The lowest BCUT2D eigenvalue weighted by Crippen LogP contribution is -2.36. The molecule has 0 unspecified atom stereocenters. The highest BCUT2D eigenvalue weighted by molar-refractivity contribution is 5.74. The third-order valence-corrected chi connectivity index (χ3v) is 4.96. The lowest BCUT2D eigenvalue weighted by Gasteiger charge is -2.12. The first-order valence-electron chi connectivity index (χ1n) is 8.23. The molecule has 0 saturated heterocycles. The molecule has 0 saturated carbocycles. The molecule has 0 amide bonds. The number of aryl methyl sites for hydroxylation is 2. The zero-order valence-corrected chi connectivity index (χ0v) is 15.2. The summed E-state index contributed by atoms with van der Waals surface area (Å²) in [5, 5.41) is 0. The van der Waals surface area contributed by atoms with Crippen molar-refractivity contribution in [2.75, 3.05) is 0 Å². The molecule has 2 heterocycles. The molecule has 0 aliphatic heterocycles. The molecule has 4 heteroatoms. The first-order chi connectivity index (χ1) is 11.8. The van der Waals surface area contributed by atoms with Crippen molar-refractivity contribution in [3.63, 3.8) is 0 Å². The predicted octanol–water partition coefficient (Wildman–Crippen LogP) is 3.87. The highest BCUT2D eigenvalue weighted by atomic mass is 19.1. The van der Waals surface area contributed by atoms with Crippen LogP contribution in [0.5, 0.6) is 0 Å². The van der Waals surface area contributed by atoms with E-state index in [-0.39, 0.29) is 0 Å². The van der Waals surface area contributed by atoms with Crippen LogP contribution in [0.2, 0.25) is 0 Å². The van der Waals surface area contributed by atoms with Gasteiger partial charge in [0, 0.05) is 44.2 Å². The molecule has 0 aliphatic carbocycles. The van der Waals surface area contributed by atoms with Gasteiger partial charge in [-0.25, -0.2) is 8.78 Å². The zero-order valence-electron chi connectivity index (χ0n) is 15.2. The Morgan fingerprint density at radius 3 is 1.48 bits per heavy atom. The molecule has 25 heavy (non-hydrogen) atoms. The van der Waals surface area contributed by atoms with Crippen LogP contribution < -0.4 is 9.13 Å². The van der Waals surface area contributed by atoms with Crippen molar-refractivity contribution in [3.8, 4) is 22.5 Å². The van der Waals surface area contributed by atoms with Crippen LogP contribution >= 0.6 is 0 Å². The van der Waals surface area contributed by atoms with Crippen molar-refractivity contribution in [1.82, 2.24) is 0 Å². The smallest absolute Gasteiger partial charge is 0.206 e. The number of nitrogens with zero attached hydrogens (tertiary/aromatic N) is 2. The highest BCUT2D eigenvalue weighted by Crippen LogP contribution is 2.33. The second-order valence-electron chi connectivity index (χ2n) is 6.44. The van der Waals surface area contributed by atoms with Crippen LogP contribution in [0, 0.1) is 32.4 Å². The van der Waals surface area contributed by atoms with Crippen LogP contribution in [-0.2, 0) is 14.1 Å². The Morgan fingerprint density at radius 2 is 1.08 bits per heavy atom. The number of benzene rings is 1. The lowest BCUT2D eigenvalue weighted by molar-refractivity contribution is -0.667. The van der Waals surface area contributed by atoms with Crippen LogP contribution in [0.25, 0.3) is 22.5 Å². The number of hydrogen-bond acceptors (Lipinski definition) is 0. The Labute approximate surface area is 147 Å². The first kappa shape index (κ1) is 17.2. The van der Waals surface area contributed by atoms with Crippen molar-refractivity contribution < 1.29 is 17.9 Å². The molecule has 1 aromatic carbocycles. The minimum atomic E-state index is -0.546. The van der Waals surface area contributed by atoms with E-state index >= 15 is 0 Å². The van der Waals surface area contributed by atoms with Gasteiger partial charge in [-0.05, 0) is 24.6 Å². The number of hydrogen-bond donors (Lipinski definition) is 0. The zero-order chi connectivity index (χ0) is 18.3. The second-order valence-corrected chi connectivity index (χ2v) is 6.44. The van der Waals surface area contributed by atoms with Gasteiger partial charge in [-0.1, -0.05) is 0 Å². The summed E-state index contributed by atoms with van der Waals surface area (Å²) in [7, 11) is 3.78. The van der Waals surface area contributed by atoms with Crippen molar-refractivity contribution >= 4 is 0 Å². The van der Waals surface area contributed by atoms with Gasteiger partial charge in [0.05, 0.1) is 11.1 Å². The van der Waals surface area contributed by atoms with Crippen LogP contribution in [0.1, 0.15) is 17.0 Å². The van der Waals surface area contributed by atoms with Crippen molar-refractivity contribution in [3.05, 3.63) is 71.1 Å². The maximum atomic E-state index is 14.7. The molecule has 0 spiro atoms. The summed E-state index contributed by atoms with van der Waals surface area (Å²) < 4.78 is 33.3. The van der Waals surface area contributed by atoms with E-state index in [2.05, 4.69) is 0 Å². The van der Waals surface area contributed by atoms with Gasteiger partial charge in [0.1, 0.15) is 25.7 Å². The molecular weight excluding hydrogens is 318 g/mol. The summed E-state index contributed by atoms with van der Waals surface area (Å²) in [4.78, 5) is 0. The summed E-state index contributed by atoms with van der Waals surface area (Å²) in [6.45, 7) is 5.70. The lowest BCUT2D eigenvalue weighted by atomic mass is 9.95.